The third-order valence-corrected chi connectivity index (χ3v) is 5.97. The van der Waals surface area contributed by atoms with Crippen LogP contribution in [0, 0.1) is 0 Å². The normalized spacial score (nSPS) is 17.8. The summed E-state index contributed by atoms with van der Waals surface area (Å²) < 4.78 is 45.9. The molecule has 5 nitrogen and oxygen atoms in total. The average molecular weight is 532 g/mol. The molecule has 0 aliphatic carbocycles. The molecule has 1 atom stereocenters. The van der Waals surface area contributed by atoms with Gasteiger partial charge in [-0.2, -0.15) is 13.2 Å². The zero-order chi connectivity index (χ0) is 24.6. The number of aliphatic hydroxyl groups is 1. The zero-order valence-corrected chi connectivity index (χ0v) is 19.2. The molecule has 9 heteroatoms. The summed E-state index contributed by atoms with van der Waals surface area (Å²) in [6.07, 6.45) is -4.64. The highest BCUT2D eigenvalue weighted by atomic mass is 79.9. The third-order valence-electron chi connectivity index (χ3n) is 5.45. The fourth-order valence-electron chi connectivity index (χ4n) is 3.80. The summed E-state index contributed by atoms with van der Waals surface area (Å²) in [5.41, 5.74) is -0.607. The van der Waals surface area contributed by atoms with Crippen LogP contribution in [0.25, 0.3) is 5.76 Å². The maximum atomic E-state index is 13.3. The minimum atomic E-state index is -4.64. The molecule has 1 aliphatic rings. The van der Waals surface area contributed by atoms with E-state index in [-0.39, 0.29) is 16.8 Å². The summed E-state index contributed by atoms with van der Waals surface area (Å²) in [4.78, 5) is 27.2. The smallest absolute Gasteiger partial charge is 0.416 e. The van der Waals surface area contributed by atoms with E-state index in [1.54, 1.807) is 36.4 Å². The van der Waals surface area contributed by atoms with Crippen molar-refractivity contribution in [3.63, 3.8) is 0 Å². The number of rotatable bonds is 4. The van der Waals surface area contributed by atoms with E-state index in [0.717, 1.165) is 21.5 Å². The molecule has 4 rings (SSSR count). The van der Waals surface area contributed by atoms with Crippen LogP contribution in [-0.2, 0) is 15.8 Å². The first-order valence-corrected chi connectivity index (χ1v) is 10.8. The van der Waals surface area contributed by atoms with Crippen molar-refractivity contribution in [1.29, 1.82) is 0 Å². The standard InChI is InChI=1S/C25H17BrF3NO4/c1-34-19-11-7-15(8-12-19)22(31)20-21(14-5-9-17(26)10-6-14)30(24(33)23(20)32)18-4-2-3-16(13-18)25(27,28)29/h2-13,21,31H,1H3/b22-20-. The second-order valence-corrected chi connectivity index (χ2v) is 8.41. The highest BCUT2D eigenvalue weighted by Gasteiger charge is 2.47. The molecule has 1 heterocycles. The molecule has 1 N–H and O–H groups in total. The van der Waals surface area contributed by atoms with Gasteiger partial charge in [-0.3, -0.25) is 14.5 Å². The Morgan fingerprint density at radius 2 is 1.65 bits per heavy atom. The van der Waals surface area contributed by atoms with Crippen LogP contribution in [0.15, 0.2) is 82.8 Å². The lowest BCUT2D eigenvalue weighted by Crippen LogP contribution is -2.29. The number of aliphatic hydroxyl groups excluding tert-OH is 1. The van der Waals surface area contributed by atoms with Gasteiger partial charge in [-0.25, -0.2) is 0 Å². The number of ether oxygens (including phenoxy) is 1. The summed E-state index contributed by atoms with van der Waals surface area (Å²) in [7, 11) is 1.48. The van der Waals surface area contributed by atoms with Crippen molar-refractivity contribution in [1.82, 2.24) is 0 Å². The molecule has 0 aromatic heterocycles. The van der Waals surface area contributed by atoms with Crippen LogP contribution in [-0.4, -0.2) is 23.9 Å². The quantitative estimate of drug-likeness (QED) is 0.251. The van der Waals surface area contributed by atoms with Gasteiger partial charge in [0.25, 0.3) is 11.7 Å². The molecule has 1 fully saturated rings. The van der Waals surface area contributed by atoms with Gasteiger partial charge < -0.3 is 9.84 Å². The number of hydrogen-bond acceptors (Lipinski definition) is 4. The molecule has 0 radical (unpaired) electrons. The lowest BCUT2D eigenvalue weighted by molar-refractivity contribution is -0.137. The molecule has 174 valence electrons. The van der Waals surface area contributed by atoms with Gasteiger partial charge in [-0.15, -0.1) is 0 Å². The number of amides is 1. The minimum absolute atomic E-state index is 0.112. The molecule has 3 aromatic carbocycles. The lowest BCUT2D eigenvalue weighted by Gasteiger charge is -2.26. The van der Waals surface area contributed by atoms with E-state index in [4.69, 9.17) is 4.74 Å². The summed E-state index contributed by atoms with van der Waals surface area (Å²) in [5, 5.41) is 11.1. The van der Waals surface area contributed by atoms with Crippen LogP contribution < -0.4 is 9.64 Å². The highest BCUT2D eigenvalue weighted by molar-refractivity contribution is 9.10. The van der Waals surface area contributed by atoms with E-state index in [0.29, 0.717) is 11.3 Å². The number of halogens is 4. The number of carbonyl (C=O) groups is 2. The molecule has 0 spiro atoms. The molecular weight excluding hydrogens is 515 g/mol. The van der Waals surface area contributed by atoms with Crippen LogP contribution in [0.2, 0.25) is 0 Å². The van der Waals surface area contributed by atoms with E-state index >= 15 is 0 Å². The number of nitrogens with zero attached hydrogens (tertiary/aromatic N) is 1. The van der Waals surface area contributed by atoms with Crippen molar-refractivity contribution in [3.8, 4) is 5.75 Å². The number of Topliss-reactive ketones (excluding diaryl/α,β-unsaturated/α-hetero) is 1. The molecule has 1 saturated heterocycles. The SMILES string of the molecule is COc1ccc(/C(O)=C2/C(=O)C(=O)N(c3cccc(C(F)(F)F)c3)C2c2ccc(Br)cc2)cc1. The van der Waals surface area contributed by atoms with Crippen molar-refractivity contribution in [2.75, 3.05) is 12.0 Å². The first-order valence-electron chi connectivity index (χ1n) is 10.00. The number of benzene rings is 3. The largest absolute Gasteiger partial charge is 0.507 e. The summed E-state index contributed by atoms with van der Waals surface area (Å²) in [6.45, 7) is 0. The molecule has 1 amide bonds. The Kier molecular flexibility index (Phi) is 6.22. The Hall–Kier alpha value is -3.59. The van der Waals surface area contributed by atoms with E-state index in [1.807, 2.05) is 0 Å². The highest BCUT2D eigenvalue weighted by Crippen LogP contribution is 2.43. The maximum absolute atomic E-state index is 13.3. The van der Waals surface area contributed by atoms with Crippen LogP contribution in [0.5, 0.6) is 5.75 Å². The number of carbonyl (C=O) groups excluding carboxylic acids is 2. The summed E-state index contributed by atoms with van der Waals surface area (Å²) in [6, 6.07) is 15.8. The first-order chi connectivity index (χ1) is 16.1. The summed E-state index contributed by atoms with van der Waals surface area (Å²) >= 11 is 3.32. The number of ketones is 1. The second kappa shape index (κ2) is 8.98. The number of anilines is 1. The number of alkyl halides is 3. The topological polar surface area (TPSA) is 66.8 Å². The Balaban J connectivity index is 1.92. The van der Waals surface area contributed by atoms with E-state index < -0.39 is 35.2 Å². The molecule has 34 heavy (non-hydrogen) atoms. The molecule has 1 aliphatic heterocycles. The monoisotopic (exact) mass is 531 g/mol. The molecule has 0 bridgehead atoms. The van der Waals surface area contributed by atoms with Gasteiger partial charge in [0.05, 0.1) is 24.3 Å². The minimum Gasteiger partial charge on any atom is -0.507 e. The van der Waals surface area contributed by atoms with Crippen LogP contribution in [0.4, 0.5) is 18.9 Å². The van der Waals surface area contributed by atoms with Crippen LogP contribution in [0.1, 0.15) is 22.7 Å². The van der Waals surface area contributed by atoms with E-state index in [1.165, 1.54) is 31.4 Å². The van der Waals surface area contributed by atoms with Gasteiger partial charge in [-0.1, -0.05) is 34.1 Å². The number of methoxy groups -OCH3 is 1. The maximum Gasteiger partial charge on any atom is 0.416 e. The van der Waals surface area contributed by atoms with E-state index in [9.17, 15) is 27.9 Å². The summed E-state index contributed by atoms with van der Waals surface area (Å²) in [5.74, 6) is -1.96. The van der Waals surface area contributed by atoms with Crippen molar-refractivity contribution >= 4 is 39.1 Å². The van der Waals surface area contributed by atoms with Crippen molar-refractivity contribution in [2.45, 2.75) is 12.2 Å². The van der Waals surface area contributed by atoms with Gasteiger partial charge in [0.15, 0.2) is 0 Å². The van der Waals surface area contributed by atoms with Gasteiger partial charge >= 0.3 is 6.18 Å². The van der Waals surface area contributed by atoms with Crippen LogP contribution >= 0.6 is 15.9 Å². The third kappa shape index (κ3) is 4.31. The van der Waals surface area contributed by atoms with Gasteiger partial charge in [-0.05, 0) is 60.2 Å². The molecule has 1 unspecified atom stereocenters. The lowest BCUT2D eigenvalue weighted by atomic mass is 9.95. The van der Waals surface area contributed by atoms with Crippen molar-refractivity contribution in [2.24, 2.45) is 0 Å². The average Bonchev–Trinajstić information content (AvgIpc) is 3.09. The van der Waals surface area contributed by atoms with Gasteiger partial charge in [0.1, 0.15) is 11.5 Å². The Labute approximate surface area is 201 Å². The van der Waals surface area contributed by atoms with Crippen molar-refractivity contribution in [3.05, 3.63) is 99.5 Å². The predicted octanol–water partition coefficient (Wildman–Crippen LogP) is 6.10. The van der Waals surface area contributed by atoms with Gasteiger partial charge in [0, 0.05) is 15.7 Å². The first kappa shape index (κ1) is 23.6. The number of hydrogen-bond donors (Lipinski definition) is 1. The molecular formula is C25H17BrF3NO4. The van der Waals surface area contributed by atoms with E-state index in [2.05, 4.69) is 15.9 Å². The second-order valence-electron chi connectivity index (χ2n) is 7.50. The zero-order valence-electron chi connectivity index (χ0n) is 17.6. The van der Waals surface area contributed by atoms with Gasteiger partial charge in [0.2, 0.25) is 0 Å². The Morgan fingerprint density at radius 1 is 1.00 bits per heavy atom. The fourth-order valence-corrected chi connectivity index (χ4v) is 4.06. The predicted molar refractivity (Wildman–Crippen MR) is 123 cm³/mol. The fraction of sp³-hybridized carbons (Fsp3) is 0.120. The Bertz CT molecular complexity index is 1280. The van der Waals surface area contributed by atoms with Crippen LogP contribution in [0.3, 0.4) is 0 Å². The Morgan fingerprint density at radius 3 is 2.24 bits per heavy atom. The van der Waals surface area contributed by atoms with Crippen molar-refractivity contribution < 1.29 is 32.6 Å². The molecule has 0 saturated carbocycles. The molecule has 3 aromatic rings.